The lowest BCUT2D eigenvalue weighted by atomic mass is 10.2. The largest absolute Gasteiger partial charge is 0.351 e. The summed E-state index contributed by atoms with van der Waals surface area (Å²) in [6.45, 7) is 1.34. The number of hydrogen-bond acceptors (Lipinski definition) is 4. The monoisotopic (exact) mass is 484 g/mol. The van der Waals surface area contributed by atoms with Gasteiger partial charge in [-0.15, -0.1) is 0 Å². The minimum atomic E-state index is -3.67. The molecule has 5 nitrogen and oxygen atoms in total. The maximum Gasteiger partial charge on any atom is 0.252 e. The summed E-state index contributed by atoms with van der Waals surface area (Å²) in [5, 5.41) is 2.96. The number of halogens is 2. The number of carbonyl (C=O) groups excluding carboxylic acids is 1. The van der Waals surface area contributed by atoms with Crippen molar-refractivity contribution in [1.29, 1.82) is 0 Å². The van der Waals surface area contributed by atoms with Gasteiger partial charge in [0.2, 0.25) is 10.0 Å². The molecule has 0 saturated carbocycles. The van der Waals surface area contributed by atoms with Gasteiger partial charge in [0, 0.05) is 31.1 Å². The van der Waals surface area contributed by atoms with E-state index in [1.54, 1.807) is 18.2 Å². The normalized spacial score (nSPS) is 15.4. The topological polar surface area (TPSA) is 66.5 Å². The van der Waals surface area contributed by atoms with Crippen molar-refractivity contribution in [1.82, 2.24) is 9.62 Å². The molecule has 0 atom stereocenters. The summed E-state index contributed by atoms with van der Waals surface area (Å²) >= 11 is 7.67. The highest BCUT2D eigenvalue weighted by Crippen LogP contribution is 2.25. The van der Waals surface area contributed by atoms with E-state index in [4.69, 9.17) is 11.6 Å². The Hall–Kier alpha value is -1.61. The van der Waals surface area contributed by atoms with Crippen LogP contribution in [0.15, 0.2) is 47.4 Å². The van der Waals surface area contributed by atoms with E-state index >= 15 is 0 Å². The van der Waals surface area contributed by atoms with Gasteiger partial charge in [0.05, 0.1) is 15.5 Å². The fourth-order valence-corrected chi connectivity index (χ4v) is 5.99. The van der Waals surface area contributed by atoms with Crippen LogP contribution >= 0.6 is 23.4 Å². The lowest BCUT2D eigenvalue weighted by Gasteiger charge is -2.20. The molecule has 1 amide bonds. The zero-order chi connectivity index (χ0) is 22.3. The molecule has 0 radical (unpaired) electrons. The standard InChI is InChI=1S/C22H26ClFN2O3S2/c23-20-10-9-18(31(28,29)26-12-5-1-2-6-13-26)15-19(20)22(27)25-11-14-30-16-17-7-3-4-8-21(17)24/h3-4,7-10,15H,1-2,5-6,11-14,16H2,(H,25,27). The van der Waals surface area contributed by atoms with E-state index in [-0.39, 0.29) is 21.3 Å². The summed E-state index contributed by atoms with van der Waals surface area (Å²) in [7, 11) is -3.67. The number of thioether (sulfide) groups is 1. The van der Waals surface area contributed by atoms with Gasteiger partial charge in [0.25, 0.3) is 5.91 Å². The molecule has 0 unspecified atom stereocenters. The van der Waals surface area contributed by atoms with Gasteiger partial charge in [-0.05, 0) is 42.7 Å². The Balaban J connectivity index is 1.59. The maximum atomic E-state index is 13.6. The van der Waals surface area contributed by atoms with E-state index in [1.807, 2.05) is 0 Å². The predicted octanol–water partition coefficient (Wildman–Crippen LogP) is 4.71. The second-order valence-electron chi connectivity index (χ2n) is 7.36. The van der Waals surface area contributed by atoms with Crippen LogP contribution in [-0.2, 0) is 15.8 Å². The van der Waals surface area contributed by atoms with Crippen molar-refractivity contribution in [3.63, 3.8) is 0 Å². The van der Waals surface area contributed by atoms with Crippen LogP contribution in [0.2, 0.25) is 5.02 Å². The van der Waals surface area contributed by atoms with E-state index in [1.165, 1.54) is 40.3 Å². The number of nitrogens with one attached hydrogen (secondary N) is 1. The average Bonchev–Trinajstić information content (AvgIpc) is 3.05. The maximum absolute atomic E-state index is 13.6. The third-order valence-electron chi connectivity index (χ3n) is 5.13. The molecule has 2 aromatic rings. The summed E-state index contributed by atoms with van der Waals surface area (Å²) in [6.07, 6.45) is 3.72. The second-order valence-corrected chi connectivity index (χ2v) is 10.8. The molecule has 1 saturated heterocycles. The molecule has 1 aliphatic rings. The van der Waals surface area contributed by atoms with Crippen LogP contribution in [0.3, 0.4) is 0 Å². The molecule has 0 aromatic heterocycles. The minimum absolute atomic E-state index is 0.0814. The first-order valence-electron chi connectivity index (χ1n) is 10.3. The van der Waals surface area contributed by atoms with Crippen LogP contribution in [0.5, 0.6) is 0 Å². The van der Waals surface area contributed by atoms with Gasteiger partial charge >= 0.3 is 0 Å². The van der Waals surface area contributed by atoms with Gasteiger partial charge in [-0.25, -0.2) is 12.8 Å². The van der Waals surface area contributed by atoms with Gasteiger partial charge in [0.15, 0.2) is 0 Å². The summed E-state index contributed by atoms with van der Waals surface area (Å²) in [6, 6.07) is 10.8. The quantitative estimate of drug-likeness (QED) is 0.551. The smallest absolute Gasteiger partial charge is 0.252 e. The number of amides is 1. The molecule has 9 heteroatoms. The Kier molecular flexibility index (Phi) is 8.77. The van der Waals surface area contributed by atoms with Crippen molar-refractivity contribution in [2.45, 2.75) is 36.3 Å². The van der Waals surface area contributed by atoms with Crippen LogP contribution in [-0.4, -0.2) is 44.0 Å². The van der Waals surface area contributed by atoms with E-state index < -0.39 is 15.9 Å². The summed E-state index contributed by atoms with van der Waals surface area (Å²) in [5.74, 6) is 0.425. The Morgan fingerprint density at radius 2 is 1.81 bits per heavy atom. The molecule has 0 bridgehead atoms. The third kappa shape index (κ3) is 6.44. The van der Waals surface area contributed by atoms with Gasteiger partial charge in [-0.2, -0.15) is 16.1 Å². The Bertz CT molecular complexity index is 1010. The first-order chi connectivity index (χ1) is 14.9. The van der Waals surface area contributed by atoms with Crippen LogP contribution in [0.25, 0.3) is 0 Å². The highest BCUT2D eigenvalue weighted by molar-refractivity contribution is 7.98. The molecular weight excluding hydrogens is 459 g/mol. The number of carbonyl (C=O) groups is 1. The average molecular weight is 485 g/mol. The minimum Gasteiger partial charge on any atom is -0.351 e. The fraction of sp³-hybridized carbons (Fsp3) is 0.409. The van der Waals surface area contributed by atoms with Crippen LogP contribution in [0.1, 0.15) is 41.6 Å². The molecular formula is C22H26ClFN2O3S2. The molecule has 1 fully saturated rings. The van der Waals surface area contributed by atoms with E-state index in [0.717, 1.165) is 25.7 Å². The molecule has 3 rings (SSSR count). The number of sulfonamides is 1. The lowest BCUT2D eigenvalue weighted by molar-refractivity contribution is 0.0956. The number of rotatable bonds is 8. The lowest BCUT2D eigenvalue weighted by Crippen LogP contribution is -2.32. The van der Waals surface area contributed by atoms with Crippen molar-refractivity contribution in [3.05, 3.63) is 64.4 Å². The van der Waals surface area contributed by atoms with E-state index in [0.29, 0.717) is 36.7 Å². The third-order valence-corrected chi connectivity index (χ3v) is 8.36. The zero-order valence-corrected chi connectivity index (χ0v) is 19.5. The summed E-state index contributed by atoms with van der Waals surface area (Å²) < 4.78 is 41.1. The van der Waals surface area contributed by atoms with Crippen LogP contribution in [0.4, 0.5) is 4.39 Å². The van der Waals surface area contributed by atoms with Crippen LogP contribution in [0, 0.1) is 5.82 Å². The SMILES string of the molecule is O=C(NCCSCc1ccccc1F)c1cc(S(=O)(=O)N2CCCCCC2)ccc1Cl. The zero-order valence-electron chi connectivity index (χ0n) is 17.1. The van der Waals surface area contributed by atoms with Gasteiger partial charge in [-0.3, -0.25) is 4.79 Å². The van der Waals surface area contributed by atoms with Gasteiger partial charge in [0.1, 0.15) is 5.82 Å². The highest BCUT2D eigenvalue weighted by atomic mass is 35.5. The Morgan fingerprint density at radius 3 is 2.52 bits per heavy atom. The molecule has 168 valence electrons. The van der Waals surface area contributed by atoms with Crippen molar-refractivity contribution in [3.8, 4) is 0 Å². The van der Waals surface area contributed by atoms with Crippen molar-refractivity contribution >= 4 is 39.3 Å². The van der Waals surface area contributed by atoms with Gasteiger partial charge in [-0.1, -0.05) is 42.6 Å². The predicted molar refractivity (Wildman–Crippen MR) is 124 cm³/mol. The summed E-state index contributed by atoms with van der Waals surface area (Å²) in [5.41, 5.74) is 0.755. The summed E-state index contributed by atoms with van der Waals surface area (Å²) in [4.78, 5) is 12.7. The first-order valence-corrected chi connectivity index (χ1v) is 13.3. The Morgan fingerprint density at radius 1 is 1.10 bits per heavy atom. The van der Waals surface area contributed by atoms with Crippen molar-refractivity contribution in [2.24, 2.45) is 0 Å². The highest BCUT2D eigenvalue weighted by Gasteiger charge is 2.26. The van der Waals surface area contributed by atoms with Crippen LogP contribution < -0.4 is 5.32 Å². The molecule has 31 heavy (non-hydrogen) atoms. The number of hydrogen-bond donors (Lipinski definition) is 1. The Labute approximate surface area is 192 Å². The number of nitrogens with zero attached hydrogens (tertiary/aromatic N) is 1. The van der Waals surface area contributed by atoms with Crippen molar-refractivity contribution in [2.75, 3.05) is 25.4 Å². The second kappa shape index (κ2) is 11.3. The van der Waals surface area contributed by atoms with Gasteiger partial charge < -0.3 is 5.32 Å². The fourth-order valence-electron chi connectivity index (χ4n) is 3.40. The van der Waals surface area contributed by atoms with E-state index in [2.05, 4.69) is 5.32 Å². The van der Waals surface area contributed by atoms with E-state index in [9.17, 15) is 17.6 Å². The molecule has 1 aliphatic heterocycles. The molecule has 2 aromatic carbocycles. The number of benzene rings is 2. The molecule has 0 aliphatic carbocycles. The molecule has 0 spiro atoms. The van der Waals surface area contributed by atoms with Crippen molar-refractivity contribution < 1.29 is 17.6 Å². The molecule has 1 N–H and O–H groups in total. The first kappa shape index (κ1) is 24.0. The molecule has 1 heterocycles.